The molecule has 144 valence electrons. The van der Waals surface area contributed by atoms with Crippen LogP contribution in [0.5, 0.6) is 0 Å². The molecular weight excluding hydrogens is 359 g/mol. The van der Waals surface area contributed by atoms with Crippen LogP contribution in [-0.4, -0.2) is 30.8 Å². The first-order valence-electron chi connectivity index (χ1n) is 7.70. The van der Waals surface area contributed by atoms with E-state index < -0.39 is 44.0 Å². The fourth-order valence-electron chi connectivity index (χ4n) is 2.62. The van der Waals surface area contributed by atoms with E-state index in [1.807, 2.05) is 13.8 Å². The summed E-state index contributed by atoms with van der Waals surface area (Å²) < 4.78 is 72.6. The molecule has 3 N–H and O–H groups in total. The number of benzene rings is 1. The van der Waals surface area contributed by atoms with Crippen molar-refractivity contribution in [1.82, 2.24) is 5.32 Å². The Morgan fingerprint density at radius 1 is 1.20 bits per heavy atom. The second-order valence-corrected chi connectivity index (χ2v) is 8.40. The van der Waals surface area contributed by atoms with E-state index in [0.717, 1.165) is 19.1 Å². The zero-order valence-electron chi connectivity index (χ0n) is 14.8. The van der Waals surface area contributed by atoms with Gasteiger partial charge < -0.3 is 5.11 Å². The molecule has 0 saturated heterocycles. The second kappa shape index (κ2) is 7.22. The molecule has 1 atom stereocenters. The molecule has 25 heavy (non-hydrogen) atoms. The third kappa shape index (κ3) is 4.93. The van der Waals surface area contributed by atoms with Gasteiger partial charge in [0, 0.05) is 5.41 Å². The van der Waals surface area contributed by atoms with Gasteiger partial charge in [-0.2, -0.15) is 21.6 Å². The summed E-state index contributed by atoms with van der Waals surface area (Å²) in [6.07, 6.45) is -6.14. The number of halogens is 3. The van der Waals surface area contributed by atoms with Crippen molar-refractivity contribution in [2.24, 2.45) is 5.92 Å². The molecule has 0 aliphatic carbocycles. The third-order valence-electron chi connectivity index (χ3n) is 4.07. The minimum Gasteiger partial charge on any atom is -0.378 e. The average molecular weight is 383 g/mol. The summed E-state index contributed by atoms with van der Waals surface area (Å²) in [4.78, 5) is -0.802. The Kier molecular flexibility index (Phi) is 6.32. The highest BCUT2D eigenvalue weighted by atomic mass is 32.2. The summed E-state index contributed by atoms with van der Waals surface area (Å²) in [6.45, 7) is 8.02. The fourth-order valence-corrected chi connectivity index (χ4v) is 3.35. The lowest BCUT2D eigenvalue weighted by Gasteiger charge is -2.35. The third-order valence-corrected chi connectivity index (χ3v) is 5.07. The van der Waals surface area contributed by atoms with Crippen molar-refractivity contribution in [2.45, 2.75) is 57.3 Å². The molecule has 0 aromatic heterocycles. The summed E-state index contributed by atoms with van der Waals surface area (Å²) in [6, 6.07) is 1.91. The van der Waals surface area contributed by atoms with Gasteiger partial charge in [0.05, 0.1) is 10.5 Å². The lowest BCUT2D eigenvalue weighted by Crippen LogP contribution is -2.47. The van der Waals surface area contributed by atoms with Gasteiger partial charge in [0.15, 0.2) is 0 Å². The Morgan fingerprint density at radius 3 is 2.12 bits per heavy atom. The maximum absolute atomic E-state index is 13.6. The molecule has 1 unspecified atom stereocenters. The number of aliphatic hydroxyl groups is 1. The van der Waals surface area contributed by atoms with E-state index in [-0.39, 0.29) is 11.5 Å². The Balaban J connectivity index is 3.57. The molecule has 1 aromatic rings. The lowest BCUT2D eigenvalue weighted by atomic mass is 9.78. The van der Waals surface area contributed by atoms with Gasteiger partial charge in [-0.25, -0.2) is 0 Å². The van der Waals surface area contributed by atoms with E-state index in [1.165, 1.54) is 13.8 Å². The van der Waals surface area contributed by atoms with E-state index in [1.54, 1.807) is 0 Å². The van der Waals surface area contributed by atoms with Crippen molar-refractivity contribution in [1.29, 1.82) is 0 Å². The largest absolute Gasteiger partial charge is 0.416 e. The summed E-state index contributed by atoms with van der Waals surface area (Å²) in [5, 5.41) is 13.1. The fraction of sp³-hybridized carbons (Fsp3) is 0.625. The number of nitrogens with one attached hydrogen (secondary N) is 1. The van der Waals surface area contributed by atoms with Crippen LogP contribution in [0, 0.1) is 12.8 Å². The van der Waals surface area contributed by atoms with Gasteiger partial charge in [0.2, 0.25) is 0 Å². The highest BCUT2D eigenvalue weighted by Gasteiger charge is 2.43. The Bertz CT molecular complexity index is 728. The van der Waals surface area contributed by atoms with Crippen molar-refractivity contribution in [3.8, 4) is 0 Å². The SMILES string of the molecule is Cc1c(S(=O)(=O)O)ccc(C(C)(C)C(O)NCC(C)C)c1C(F)(F)F. The minimum absolute atomic E-state index is 0.177. The molecular formula is C16H24F3NO4S. The van der Waals surface area contributed by atoms with Crippen LogP contribution in [0.4, 0.5) is 13.2 Å². The molecule has 0 radical (unpaired) electrons. The Morgan fingerprint density at radius 2 is 1.72 bits per heavy atom. The van der Waals surface area contributed by atoms with Crippen LogP contribution in [0.3, 0.4) is 0 Å². The van der Waals surface area contributed by atoms with Crippen molar-refractivity contribution in [3.05, 3.63) is 28.8 Å². The molecule has 0 fully saturated rings. The van der Waals surface area contributed by atoms with Crippen molar-refractivity contribution in [3.63, 3.8) is 0 Å². The highest BCUT2D eigenvalue weighted by molar-refractivity contribution is 7.85. The molecule has 0 aliphatic rings. The molecule has 0 spiro atoms. The van der Waals surface area contributed by atoms with Crippen LogP contribution >= 0.6 is 0 Å². The van der Waals surface area contributed by atoms with Crippen LogP contribution in [0.15, 0.2) is 17.0 Å². The molecule has 0 amide bonds. The normalized spacial score (nSPS) is 14.8. The Labute approximate surface area is 146 Å². The standard InChI is InChI=1S/C16H24F3NO4S/c1-9(2)8-20-14(21)15(4,5)11-6-7-12(25(22,23)24)10(3)13(11)16(17,18)19/h6-7,9,14,20-21H,8H2,1-5H3,(H,22,23,24). The summed E-state index contributed by atoms with van der Waals surface area (Å²) in [5.74, 6) is 0.177. The lowest BCUT2D eigenvalue weighted by molar-refractivity contribution is -0.139. The number of alkyl halides is 3. The van der Waals surface area contributed by atoms with Crippen molar-refractivity contribution in [2.75, 3.05) is 6.54 Å². The zero-order valence-corrected chi connectivity index (χ0v) is 15.6. The molecule has 9 heteroatoms. The smallest absolute Gasteiger partial charge is 0.378 e. The molecule has 0 aliphatic heterocycles. The minimum atomic E-state index is -4.85. The topological polar surface area (TPSA) is 86.6 Å². The predicted molar refractivity (Wildman–Crippen MR) is 87.9 cm³/mol. The van der Waals surface area contributed by atoms with Gasteiger partial charge in [-0.05, 0) is 36.6 Å². The molecule has 0 bridgehead atoms. The molecule has 0 heterocycles. The second-order valence-electron chi connectivity index (χ2n) is 7.01. The van der Waals surface area contributed by atoms with Gasteiger partial charge >= 0.3 is 6.18 Å². The maximum atomic E-state index is 13.6. The number of hydrogen-bond donors (Lipinski definition) is 3. The van der Waals surface area contributed by atoms with E-state index in [4.69, 9.17) is 4.55 Å². The molecule has 0 saturated carbocycles. The van der Waals surface area contributed by atoms with Crippen LogP contribution < -0.4 is 5.32 Å². The first kappa shape index (κ1) is 21.9. The van der Waals surface area contributed by atoms with Crippen molar-refractivity contribution >= 4 is 10.1 Å². The van der Waals surface area contributed by atoms with E-state index in [9.17, 15) is 26.7 Å². The van der Waals surface area contributed by atoms with Gasteiger partial charge in [0.25, 0.3) is 10.1 Å². The van der Waals surface area contributed by atoms with Gasteiger partial charge in [-0.1, -0.05) is 33.8 Å². The van der Waals surface area contributed by atoms with Crippen molar-refractivity contribution < 1.29 is 31.2 Å². The van der Waals surface area contributed by atoms with Crippen LogP contribution in [-0.2, 0) is 21.7 Å². The monoisotopic (exact) mass is 383 g/mol. The summed E-state index contributed by atoms with van der Waals surface area (Å²) >= 11 is 0. The van der Waals surface area contributed by atoms with Gasteiger partial charge in [0.1, 0.15) is 6.23 Å². The van der Waals surface area contributed by atoms with Crippen LogP contribution in [0.1, 0.15) is 44.4 Å². The average Bonchev–Trinajstić information content (AvgIpc) is 2.41. The number of aliphatic hydroxyl groups excluding tert-OH is 1. The Hall–Kier alpha value is -1.16. The zero-order chi connectivity index (χ0) is 19.8. The van der Waals surface area contributed by atoms with Gasteiger partial charge in [-0.3, -0.25) is 9.87 Å². The highest BCUT2D eigenvalue weighted by Crippen LogP contribution is 2.42. The number of rotatable bonds is 6. The summed E-state index contributed by atoms with van der Waals surface area (Å²) in [7, 11) is -4.80. The first-order chi connectivity index (χ1) is 11.1. The summed E-state index contributed by atoms with van der Waals surface area (Å²) in [5.41, 5.74) is -3.38. The van der Waals surface area contributed by atoms with Gasteiger partial charge in [-0.15, -0.1) is 0 Å². The van der Waals surface area contributed by atoms with Crippen LogP contribution in [0.25, 0.3) is 0 Å². The number of hydrogen-bond acceptors (Lipinski definition) is 4. The van der Waals surface area contributed by atoms with E-state index >= 15 is 0 Å². The first-order valence-corrected chi connectivity index (χ1v) is 9.14. The molecule has 5 nitrogen and oxygen atoms in total. The predicted octanol–water partition coefficient (Wildman–Crippen LogP) is 3.10. The maximum Gasteiger partial charge on any atom is 0.416 e. The molecule has 1 aromatic carbocycles. The quantitative estimate of drug-likeness (QED) is 0.519. The van der Waals surface area contributed by atoms with E-state index in [0.29, 0.717) is 6.54 Å². The van der Waals surface area contributed by atoms with E-state index in [2.05, 4.69) is 5.32 Å². The molecule has 1 rings (SSSR count). The van der Waals surface area contributed by atoms with Crippen LogP contribution in [0.2, 0.25) is 0 Å².